The van der Waals surface area contributed by atoms with Crippen LogP contribution in [0.4, 0.5) is 23.4 Å². The van der Waals surface area contributed by atoms with E-state index in [-0.39, 0.29) is 17.1 Å². The summed E-state index contributed by atoms with van der Waals surface area (Å²) in [5.74, 6) is -0.649. The van der Waals surface area contributed by atoms with Crippen LogP contribution in [0.25, 0.3) is 11.3 Å². The molecule has 21 heavy (non-hydrogen) atoms. The van der Waals surface area contributed by atoms with Crippen molar-refractivity contribution in [3.8, 4) is 11.3 Å². The van der Waals surface area contributed by atoms with E-state index in [4.69, 9.17) is 0 Å². The molecular weight excluding hydrogens is 286 g/mol. The molecule has 112 valence electrons. The summed E-state index contributed by atoms with van der Waals surface area (Å²) in [6.07, 6.45) is -1.55. The van der Waals surface area contributed by atoms with Gasteiger partial charge in [-0.1, -0.05) is 6.92 Å². The van der Waals surface area contributed by atoms with Crippen LogP contribution in [0.1, 0.15) is 18.9 Å². The molecule has 0 saturated carbocycles. The highest BCUT2D eigenvalue weighted by atomic mass is 19.4. The first-order chi connectivity index (χ1) is 9.91. The first kappa shape index (κ1) is 15.2. The molecule has 0 atom stereocenters. The van der Waals surface area contributed by atoms with E-state index in [1.165, 1.54) is 12.3 Å². The molecule has 2 aromatic heterocycles. The van der Waals surface area contributed by atoms with Crippen LogP contribution in [0.5, 0.6) is 0 Å². The number of hydrogen-bond donors (Lipinski definition) is 1. The maximum atomic E-state index is 13.7. The first-order valence-corrected chi connectivity index (χ1v) is 6.35. The lowest BCUT2D eigenvalue weighted by atomic mass is 10.1. The largest absolute Gasteiger partial charge is 0.416 e. The zero-order valence-corrected chi connectivity index (χ0v) is 11.2. The lowest BCUT2D eigenvalue weighted by Gasteiger charge is -2.12. The number of alkyl halides is 3. The molecule has 0 unspecified atom stereocenters. The Labute approximate surface area is 119 Å². The Balaban J connectivity index is 2.52. The van der Waals surface area contributed by atoms with Gasteiger partial charge in [0.05, 0.1) is 17.5 Å². The molecule has 0 bridgehead atoms. The zero-order chi connectivity index (χ0) is 15.5. The van der Waals surface area contributed by atoms with E-state index in [1.807, 2.05) is 6.92 Å². The van der Waals surface area contributed by atoms with E-state index in [2.05, 4.69) is 15.3 Å². The van der Waals surface area contributed by atoms with Gasteiger partial charge in [0.1, 0.15) is 5.82 Å². The minimum Gasteiger partial charge on any atom is -0.370 e. The summed E-state index contributed by atoms with van der Waals surface area (Å²) >= 11 is 0. The highest BCUT2D eigenvalue weighted by Gasteiger charge is 2.32. The minimum absolute atomic E-state index is 0.0179. The molecule has 0 aliphatic heterocycles. The quantitative estimate of drug-likeness (QED) is 0.863. The second-order valence-corrected chi connectivity index (χ2v) is 4.41. The summed E-state index contributed by atoms with van der Waals surface area (Å²) in [5, 5.41) is 2.79. The van der Waals surface area contributed by atoms with Crippen LogP contribution in [0, 0.1) is 5.82 Å². The number of aromatic nitrogens is 2. The molecular formula is C14H13F4N3. The molecule has 1 N–H and O–H groups in total. The Kier molecular flexibility index (Phi) is 4.40. The van der Waals surface area contributed by atoms with Crippen molar-refractivity contribution in [2.45, 2.75) is 19.5 Å². The maximum Gasteiger partial charge on any atom is 0.416 e. The summed E-state index contributed by atoms with van der Waals surface area (Å²) in [7, 11) is 0. The fraction of sp³-hybridized carbons (Fsp3) is 0.286. The van der Waals surface area contributed by atoms with Gasteiger partial charge in [0.25, 0.3) is 0 Å². The van der Waals surface area contributed by atoms with Gasteiger partial charge in [-0.3, -0.25) is 4.98 Å². The van der Waals surface area contributed by atoms with Gasteiger partial charge in [-0.2, -0.15) is 13.2 Å². The average Bonchev–Trinajstić information content (AvgIpc) is 2.44. The molecule has 0 aromatic carbocycles. The second kappa shape index (κ2) is 6.07. The van der Waals surface area contributed by atoms with E-state index in [0.29, 0.717) is 6.54 Å². The average molecular weight is 299 g/mol. The molecule has 3 nitrogen and oxygen atoms in total. The second-order valence-electron chi connectivity index (χ2n) is 4.41. The molecule has 0 aliphatic carbocycles. The molecule has 0 fully saturated rings. The van der Waals surface area contributed by atoms with Crippen LogP contribution in [-0.4, -0.2) is 16.5 Å². The van der Waals surface area contributed by atoms with Crippen molar-refractivity contribution in [1.29, 1.82) is 0 Å². The lowest BCUT2D eigenvalue weighted by Crippen LogP contribution is -2.09. The van der Waals surface area contributed by atoms with Crippen molar-refractivity contribution in [2.75, 3.05) is 11.9 Å². The van der Waals surface area contributed by atoms with Crippen molar-refractivity contribution in [2.24, 2.45) is 0 Å². The normalized spacial score (nSPS) is 11.5. The Morgan fingerprint density at radius 3 is 2.62 bits per heavy atom. The summed E-state index contributed by atoms with van der Waals surface area (Å²) in [6, 6.07) is 3.04. The predicted molar refractivity (Wildman–Crippen MR) is 71.2 cm³/mol. The smallest absolute Gasteiger partial charge is 0.370 e. The molecule has 2 rings (SSSR count). The highest BCUT2D eigenvalue weighted by molar-refractivity contribution is 5.63. The fourth-order valence-electron chi connectivity index (χ4n) is 1.76. The molecule has 2 heterocycles. The van der Waals surface area contributed by atoms with E-state index >= 15 is 0 Å². The number of rotatable bonds is 4. The third-order valence-corrected chi connectivity index (χ3v) is 2.76. The van der Waals surface area contributed by atoms with Gasteiger partial charge in [0, 0.05) is 18.3 Å². The Morgan fingerprint density at radius 2 is 2.00 bits per heavy atom. The van der Waals surface area contributed by atoms with Gasteiger partial charge in [-0.25, -0.2) is 9.37 Å². The molecule has 0 amide bonds. The van der Waals surface area contributed by atoms with Crippen LogP contribution in [0.15, 0.2) is 30.6 Å². The van der Waals surface area contributed by atoms with Gasteiger partial charge >= 0.3 is 6.18 Å². The Morgan fingerprint density at radius 1 is 1.24 bits per heavy atom. The maximum absolute atomic E-state index is 13.7. The number of pyridine rings is 2. The highest BCUT2D eigenvalue weighted by Crippen LogP contribution is 2.33. The van der Waals surface area contributed by atoms with E-state index < -0.39 is 17.6 Å². The van der Waals surface area contributed by atoms with Crippen LogP contribution in [-0.2, 0) is 6.18 Å². The fourth-order valence-corrected chi connectivity index (χ4v) is 1.76. The summed E-state index contributed by atoms with van der Waals surface area (Å²) in [5.41, 5.74) is -0.971. The van der Waals surface area contributed by atoms with Gasteiger partial charge in [0.15, 0.2) is 5.82 Å². The summed E-state index contributed by atoms with van der Waals surface area (Å²) in [4.78, 5) is 7.61. The molecule has 2 aromatic rings. The van der Waals surface area contributed by atoms with E-state index in [9.17, 15) is 17.6 Å². The van der Waals surface area contributed by atoms with Crippen molar-refractivity contribution in [3.63, 3.8) is 0 Å². The molecule has 0 saturated heterocycles. The first-order valence-electron chi connectivity index (χ1n) is 6.35. The van der Waals surface area contributed by atoms with Crippen LogP contribution in [0.2, 0.25) is 0 Å². The van der Waals surface area contributed by atoms with Crippen molar-refractivity contribution in [1.82, 2.24) is 9.97 Å². The molecule has 7 heteroatoms. The number of nitrogens with zero attached hydrogens (tertiary/aromatic N) is 2. The van der Waals surface area contributed by atoms with Crippen LogP contribution in [0.3, 0.4) is 0 Å². The monoisotopic (exact) mass is 299 g/mol. The van der Waals surface area contributed by atoms with E-state index in [1.54, 1.807) is 0 Å². The van der Waals surface area contributed by atoms with Crippen molar-refractivity contribution >= 4 is 5.82 Å². The molecule has 0 aliphatic rings. The third kappa shape index (κ3) is 3.68. The van der Waals surface area contributed by atoms with E-state index in [0.717, 1.165) is 24.8 Å². The minimum atomic E-state index is -4.52. The number of anilines is 1. The van der Waals surface area contributed by atoms with Crippen LogP contribution >= 0.6 is 0 Å². The topological polar surface area (TPSA) is 37.8 Å². The summed E-state index contributed by atoms with van der Waals surface area (Å²) in [6.45, 7) is 2.36. The number of halogens is 4. The van der Waals surface area contributed by atoms with Crippen molar-refractivity contribution in [3.05, 3.63) is 42.0 Å². The number of nitrogens with one attached hydrogen (secondary N) is 1. The third-order valence-electron chi connectivity index (χ3n) is 2.76. The van der Waals surface area contributed by atoms with Crippen molar-refractivity contribution < 1.29 is 17.6 Å². The number of hydrogen-bond acceptors (Lipinski definition) is 3. The van der Waals surface area contributed by atoms with Gasteiger partial charge < -0.3 is 5.32 Å². The van der Waals surface area contributed by atoms with Gasteiger partial charge in [-0.05, 0) is 24.6 Å². The SMILES string of the molecule is CCCNc1cc(C(F)(F)F)cc(-c2ccncc2F)n1. The zero-order valence-electron chi connectivity index (χ0n) is 11.2. The standard InChI is InChI=1S/C14H13F4N3/c1-2-4-20-13-7-9(14(16,17)18)6-12(21-13)10-3-5-19-8-11(10)15/h3,5-8H,2,4H2,1H3,(H,20,21). The molecule has 0 spiro atoms. The van der Waals surface area contributed by atoms with Crippen LogP contribution < -0.4 is 5.32 Å². The Hall–Kier alpha value is -2.18. The van der Waals surface area contributed by atoms with Gasteiger partial charge in [-0.15, -0.1) is 0 Å². The molecule has 0 radical (unpaired) electrons. The summed E-state index contributed by atoms with van der Waals surface area (Å²) < 4.78 is 52.5. The predicted octanol–water partition coefficient (Wildman–Crippen LogP) is 4.12. The Bertz CT molecular complexity index is 626. The lowest BCUT2D eigenvalue weighted by molar-refractivity contribution is -0.137. The van der Waals surface area contributed by atoms with Gasteiger partial charge in [0.2, 0.25) is 0 Å².